The Bertz CT molecular complexity index is 643. The van der Waals surface area contributed by atoms with E-state index in [-0.39, 0.29) is 0 Å². The van der Waals surface area contributed by atoms with Gasteiger partial charge in [0.2, 0.25) is 0 Å². The molecule has 0 bridgehead atoms. The average molecular weight is 289 g/mol. The number of hydrogen-bond acceptors (Lipinski definition) is 0. The summed E-state index contributed by atoms with van der Waals surface area (Å²) < 4.78 is 0. The molecule has 1 aliphatic carbocycles. The Morgan fingerprint density at radius 1 is 1.00 bits per heavy atom. The van der Waals surface area contributed by atoms with Gasteiger partial charge < -0.3 is 0 Å². The molecule has 2 aromatic carbocycles. The molecule has 0 amide bonds. The average Bonchev–Trinajstić information content (AvgIpc) is 2.43. The highest BCUT2D eigenvalue weighted by molar-refractivity contribution is 6.42. The Kier molecular flexibility index (Phi) is 3.38. The first kappa shape index (κ1) is 12.8. The van der Waals surface area contributed by atoms with Crippen LogP contribution in [0.1, 0.15) is 35.4 Å². The van der Waals surface area contributed by atoms with Crippen LogP contribution in [0, 0.1) is 0 Å². The lowest BCUT2D eigenvalue weighted by molar-refractivity contribution is 0.712. The Hall–Kier alpha value is -1.24. The standard InChI is InChI=1S/C17H14Cl2/c1-11-6-8-14(15-5-3-2-4-13(11)15)12-7-9-16(18)17(19)10-12/h2-5,7,9-10,14H,1,6,8H2. The van der Waals surface area contributed by atoms with Gasteiger partial charge in [-0.25, -0.2) is 0 Å². The van der Waals surface area contributed by atoms with Gasteiger partial charge >= 0.3 is 0 Å². The predicted octanol–water partition coefficient (Wildman–Crippen LogP) is 5.93. The summed E-state index contributed by atoms with van der Waals surface area (Å²) in [5.74, 6) is 0.386. The van der Waals surface area contributed by atoms with Crippen molar-refractivity contribution in [2.24, 2.45) is 0 Å². The van der Waals surface area contributed by atoms with E-state index in [0.29, 0.717) is 16.0 Å². The van der Waals surface area contributed by atoms with E-state index in [4.69, 9.17) is 23.2 Å². The predicted molar refractivity (Wildman–Crippen MR) is 83.0 cm³/mol. The van der Waals surface area contributed by atoms with Crippen LogP contribution in [-0.2, 0) is 0 Å². The van der Waals surface area contributed by atoms with Gasteiger partial charge in [-0.1, -0.05) is 60.1 Å². The van der Waals surface area contributed by atoms with Crippen molar-refractivity contribution < 1.29 is 0 Å². The van der Waals surface area contributed by atoms with E-state index in [1.165, 1.54) is 22.3 Å². The molecule has 0 N–H and O–H groups in total. The maximum atomic E-state index is 6.14. The Morgan fingerprint density at radius 2 is 1.79 bits per heavy atom. The fraction of sp³-hybridized carbons (Fsp3) is 0.176. The lowest BCUT2D eigenvalue weighted by atomic mass is 9.77. The molecule has 3 rings (SSSR count). The highest BCUT2D eigenvalue weighted by atomic mass is 35.5. The van der Waals surface area contributed by atoms with E-state index in [2.05, 4.69) is 36.9 Å². The fourth-order valence-corrected chi connectivity index (χ4v) is 3.11. The maximum absolute atomic E-state index is 6.14. The number of fused-ring (bicyclic) bond motifs is 1. The van der Waals surface area contributed by atoms with Crippen LogP contribution >= 0.6 is 23.2 Å². The van der Waals surface area contributed by atoms with Gasteiger partial charge in [0.15, 0.2) is 0 Å². The zero-order valence-corrected chi connectivity index (χ0v) is 12.0. The molecule has 0 saturated carbocycles. The van der Waals surface area contributed by atoms with Gasteiger partial charge in [-0.3, -0.25) is 0 Å². The molecule has 0 saturated heterocycles. The van der Waals surface area contributed by atoms with Crippen molar-refractivity contribution in [1.29, 1.82) is 0 Å². The van der Waals surface area contributed by atoms with E-state index in [9.17, 15) is 0 Å². The summed E-state index contributed by atoms with van der Waals surface area (Å²) in [5, 5.41) is 1.24. The van der Waals surface area contributed by atoms with Crippen molar-refractivity contribution in [2.75, 3.05) is 0 Å². The van der Waals surface area contributed by atoms with E-state index >= 15 is 0 Å². The third-order valence-corrected chi connectivity index (χ3v) is 4.54. The molecule has 0 nitrogen and oxygen atoms in total. The third-order valence-electron chi connectivity index (χ3n) is 3.80. The molecule has 1 aliphatic rings. The molecule has 0 spiro atoms. The van der Waals surface area contributed by atoms with Crippen LogP contribution in [0.2, 0.25) is 10.0 Å². The number of benzene rings is 2. The lowest BCUT2D eigenvalue weighted by Gasteiger charge is -2.27. The van der Waals surface area contributed by atoms with Crippen LogP contribution in [0.3, 0.4) is 0 Å². The van der Waals surface area contributed by atoms with Gasteiger partial charge in [-0.15, -0.1) is 0 Å². The van der Waals surface area contributed by atoms with Gasteiger partial charge in [0.05, 0.1) is 10.0 Å². The molecule has 0 aliphatic heterocycles. The van der Waals surface area contributed by atoms with Crippen molar-refractivity contribution in [3.05, 3.63) is 75.8 Å². The van der Waals surface area contributed by atoms with Crippen LogP contribution in [0.5, 0.6) is 0 Å². The Morgan fingerprint density at radius 3 is 2.58 bits per heavy atom. The summed E-state index contributed by atoms with van der Waals surface area (Å²) in [4.78, 5) is 0. The summed E-state index contributed by atoms with van der Waals surface area (Å²) in [6, 6.07) is 14.4. The molecule has 0 aromatic heterocycles. The van der Waals surface area contributed by atoms with Crippen molar-refractivity contribution >= 4 is 28.8 Å². The van der Waals surface area contributed by atoms with Crippen molar-refractivity contribution in [3.63, 3.8) is 0 Å². The van der Waals surface area contributed by atoms with Crippen molar-refractivity contribution in [1.82, 2.24) is 0 Å². The third kappa shape index (κ3) is 2.31. The van der Waals surface area contributed by atoms with E-state index in [1.54, 1.807) is 0 Å². The minimum atomic E-state index is 0.386. The normalized spacial score (nSPS) is 18.2. The van der Waals surface area contributed by atoms with E-state index < -0.39 is 0 Å². The summed E-state index contributed by atoms with van der Waals surface area (Å²) in [6.07, 6.45) is 2.11. The highest BCUT2D eigenvalue weighted by Gasteiger charge is 2.23. The lowest BCUT2D eigenvalue weighted by Crippen LogP contribution is -2.09. The first-order valence-corrected chi connectivity index (χ1v) is 7.14. The number of hydrogen-bond donors (Lipinski definition) is 0. The molecule has 2 heteroatoms. The second-order valence-electron chi connectivity index (χ2n) is 4.96. The van der Waals surface area contributed by atoms with Gasteiger partial charge in [0.1, 0.15) is 0 Å². The van der Waals surface area contributed by atoms with Crippen LogP contribution in [0.15, 0.2) is 49.0 Å². The quantitative estimate of drug-likeness (QED) is 0.610. The van der Waals surface area contributed by atoms with Crippen LogP contribution < -0.4 is 0 Å². The second-order valence-corrected chi connectivity index (χ2v) is 5.77. The number of rotatable bonds is 1. The zero-order chi connectivity index (χ0) is 13.4. The minimum absolute atomic E-state index is 0.386. The zero-order valence-electron chi connectivity index (χ0n) is 10.5. The van der Waals surface area contributed by atoms with E-state index in [0.717, 1.165) is 12.8 Å². The largest absolute Gasteiger partial charge is 0.0952 e. The van der Waals surface area contributed by atoms with Crippen molar-refractivity contribution in [3.8, 4) is 0 Å². The Balaban J connectivity index is 2.09. The molecule has 19 heavy (non-hydrogen) atoms. The monoisotopic (exact) mass is 288 g/mol. The van der Waals surface area contributed by atoms with Crippen LogP contribution in [-0.4, -0.2) is 0 Å². The molecule has 96 valence electrons. The molecule has 2 aromatic rings. The molecular formula is C17H14Cl2. The van der Waals surface area contributed by atoms with Gasteiger partial charge in [-0.2, -0.15) is 0 Å². The van der Waals surface area contributed by atoms with Crippen LogP contribution in [0.25, 0.3) is 5.57 Å². The maximum Gasteiger partial charge on any atom is 0.0595 e. The summed E-state index contributed by atoms with van der Waals surface area (Å²) in [6.45, 7) is 4.17. The Labute approximate surface area is 123 Å². The number of allylic oxidation sites excluding steroid dienone is 1. The van der Waals surface area contributed by atoms with Crippen LogP contribution in [0.4, 0.5) is 0 Å². The molecule has 0 fully saturated rings. The first-order valence-electron chi connectivity index (χ1n) is 6.39. The van der Waals surface area contributed by atoms with Gasteiger partial charge in [-0.05, 0) is 47.2 Å². The van der Waals surface area contributed by atoms with Gasteiger partial charge in [0, 0.05) is 5.92 Å². The summed E-state index contributed by atoms with van der Waals surface area (Å²) in [5.41, 5.74) is 5.09. The number of halogens is 2. The summed E-state index contributed by atoms with van der Waals surface area (Å²) in [7, 11) is 0. The second kappa shape index (κ2) is 5.03. The molecular weight excluding hydrogens is 275 g/mol. The van der Waals surface area contributed by atoms with Crippen molar-refractivity contribution in [2.45, 2.75) is 18.8 Å². The van der Waals surface area contributed by atoms with E-state index in [1.807, 2.05) is 12.1 Å². The first-order chi connectivity index (χ1) is 9.16. The summed E-state index contributed by atoms with van der Waals surface area (Å²) >= 11 is 12.1. The minimum Gasteiger partial charge on any atom is -0.0952 e. The molecule has 0 radical (unpaired) electrons. The smallest absolute Gasteiger partial charge is 0.0595 e. The molecule has 1 unspecified atom stereocenters. The highest BCUT2D eigenvalue weighted by Crippen LogP contribution is 2.42. The molecule has 1 atom stereocenters. The van der Waals surface area contributed by atoms with Gasteiger partial charge in [0.25, 0.3) is 0 Å². The molecule has 0 heterocycles. The topological polar surface area (TPSA) is 0 Å². The SMILES string of the molecule is C=C1CCC(c2ccc(Cl)c(Cl)c2)c2ccccc21. The fourth-order valence-electron chi connectivity index (χ4n) is 2.81.